The van der Waals surface area contributed by atoms with Gasteiger partial charge in [0.15, 0.2) is 0 Å². The highest BCUT2D eigenvalue weighted by Crippen LogP contribution is 2.31. The zero-order valence-corrected chi connectivity index (χ0v) is 13.1. The first-order valence-electron chi connectivity index (χ1n) is 7.86. The number of hydrogen-bond acceptors (Lipinski definition) is 1. The Balaban J connectivity index is 2.06. The van der Waals surface area contributed by atoms with E-state index < -0.39 is 0 Å². The van der Waals surface area contributed by atoms with Gasteiger partial charge in [0.1, 0.15) is 0 Å². The molecule has 1 N–H and O–H groups in total. The van der Waals surface area contributed by atoms with Crippen LogP contribution >= 0.6 is 0 Å². The molecule has 2 heteroatoms. The quantitative estimate of drug-likeness (QED) is 0.830. The molecule has 0 aromatic heterocycles. The first kappa shape index (κ1) is 15.1. The Morgan fingerprint density at radius 3 is 2.20 bits per heavy atom. The van der Waals surface area contributed by atoms with Crippen molar-refractivity contribution in [3.8, 4) is 0 Å². The van der Waals surface area contributed by atoms with Gasteiger partial charge in [0.2, 0.25) is 5.91 Å². The van der Waals surface area contributed by atoms with E-state index in [9.17, 15) is 4.79 Å². The molecule has 1 aromatic rings. The van der Waals surface area contributed by atoms with Crippen LogP contribution in [0.25, 0.3) is 0 Å². The van der Waals surface area contributed by atoms with Gasteiger partial charge >= 0.3 is 0 Å². The van der Waals surface area contributed by atoms with Gasteiger partial charge in [0, 0.05) is 5.92 Å². The third-order valence-corrected chi connectivity index (χ3v) is 3.90. The second-order valence-corrected chi connectivity index (χ2v) is 6.84. The molecule has 1 aliphatic rings. The first-order valence-corrected chi connectivity index (χ1v) is 7.86. The van der Waals surface area contributed by atoms with Crippen molar-refractivity contribution in [2.45, 2.75) is 53.0 Å². The Bertz CT molecular complexity index is 443. The van der Waals surface area contributed by atoms with E-state index in [4.69, 9.17) is 0 Å². The van der Waals surface area contributed by atoms with Crippen LogP contribution in [0.3, 0.4) is 0 Å². The Morgan fingerprint density at radius 2 is 1.75 bits per heavy atom. The second kappa shape index (κ2) is 6.43. The lowest BCUT2D eigenvalue weighted by atomic mass is 9.93. The average Bonchev–Trinajstić information content (AvgIpc) is 3.20. The maximum Gasteiger partial charge on any atom is 0.223 e. The van der Waals surface area contributed by atoms with Crippen molar-refractivity contribution in [2.24, 2.45) is 17.8 Å². The van der Waals surface area contributed by atoms with Crippen molar-refractivity contribution in [1.29, 1.82) is 0 Å². The summed E-state index contributed by atoms with van der Waals surface area (Å²) in [4.78, 5) is 12.0. The van der Waals surface area contributed by atoms with Gasteiger partial charge in [-0.25, -0.2) is 0 Å². The van der Waals surface area contributed by atoms with Crippen LogP contribution in [0, 0.1) is 17.8 Å². The molecule has 0 spiro atoms. The lowest BCUT2D eigenvalue weighted by Crippen LogP contribution is -2.32. The average molecular weight is 273 g/mol. The standard InChI is InChI=1S/C18H27NO/c1-12(2)11-14-5-7-15(8-6-14)17(13(3)4)19-18(20)16-9-10-16/h5-8,12-13,16-17H,9-11H2,1-4H3,(H,19,20). The zero-order valence-electron chi connectivity index (χ0n) is 13.1. The molecule has 1 unspecified atom stereocenters. The Labute approximate surface area is 123 Å². The fraction of sp³-hybridized carbons (Fsp3) is 0.611. The minimum atomic E-state index is 0.135. The van der Waals surface area contributed by atoms with E-state index in [2.05, 4.69) is 57.3 Å². The molecule has 0 bridgehead atoms. The third-order valence-electron chi connectivity index (χ3n) is 3.90. The van der Waals surface area contributed by atoms with E-state index in [0.717, 1.165) is 19.3 Å². The van der Waals surface area contributed by atoms with Crippen molar-refractivity contribution in [1.82, 2.24) is 5.32 Å². The van der Waals surface area contributed by atoms with Gasteiger partial charge < -0.3 is 5.32 Å². The predicted molar refractivity (Wildman–Crippen MR) is 83.4 cm³/mol. The summed E-state index contributed by atoms with van der Waals surface area (Å²) in [5.41, 5.74) is 2.60. The number of carbonyl (C=O) groups is 1. The maximum atomic E-state index is 12.0. The van der Waals surface area contributed by atoms with E-state index in [1.807, 2.05) is 0 Å². The molecule has 0 aliphatic heterocycles. The zero-order chi connectivity index (χ0) is 14.7. The minimum Gasteiger partial charge on any atom is -0.349 e. The fourth-order valence-electron chi connectivity index (χ4n) is 2.58. The van der Waals surface area contributed by atoms with Crippen molar-refractivity contribution in [2.75, 3.05) is 0 Å². The van der Waals surface area contributed by atoms with Crippen molar-refractivity contribution >= 4 is 5.91 Å². The number of nitrogens with one attached hydrogen (secondary N) is 1. The van der Waals surface area contributed by atoms with Gasteiger partial charge in [-0.15, -0.1) is 0 Å². The van der Waals surface area contributed by atoms with Crippen LogP contribution in [0.4, 0.5) is 0 Å². The molecule has 0 radical (unpaired) electrons. The molecule has 1 aliphatic carbocycles. The van der Waals surface area contributed by atoms with Crippen molar-refractivity contribution in [3.63, 3.8) is 0 Å². The van der Waals surface area contributed by atoms with Crippen LogP contribution in [-0.4, -0.2) is 5.91 Å². The summed E-state index contributed by atoms with van der Waals surface area (Å²) in [5, 5.41) is 3.22. The fourth-order valence-corrected chi connectivity index (χ4v) is 2.58. The molecule has 110 valence electrons. The maximum absolute atomic E-state index is 12.0. The van der Waals surface area contributed by atoms with E-state index in [1.54, 1.807) is 0 Å². The molecule has 1 aromatic carbocycles. The van der Waals surface area contributed by atoms with Gasteiger partial charge in [0.25, 0.3) is 0 Å². The second-order valence-electron chi connectivity index (χ2n) is 6.84. The summed E-state index contributed by atoms with van der Waals surface area (Å²) >= 11 is 0. The minimum absolute atomic E-state index is 0.135. The molecule has 1 atom stereocenters. The lowest BCUT2D eigenvalue weighted by molar-refractivity contribution is -0.123. The topological polar surface area (TPSA) is 29.1 Å². The first-order chi connectivity index (χ1) is 9.47. The highest BCUT2D eigenvalue weighted by molar-refractivity contribution is 5.81. The smallest absolute Gasteiger partial charge is 0.223 e. The molecule has 0 saturated heterocycles. The van der Waals surface area contributed by atoms with Crippen LogP contribution in [-0.2, 0) is 11.2 Å². The van der Waals surface area contributed by atoms with Crippen LogP contribution in [0.15, 0.2) is 24.3 Å². The van der Waals surface area contributed by atoms with Crippen LogP contribution in [0.1, 0.15) is 57.7 Å². The molecule has 2 nitrogen and oxygen atoms in total. The van der Waals surface area contributed by atoms with Gasteiger partial charge in [-0.2, -0.15) is 0 Å². The summed E-state index contributed by atoms with van der Waals surface area (Å²) < 4.78 is 0. The molecule has 0 heterocycles. The number of amides is 1. The van der Waals surface area contributed by atoms with Crippen LogP contribution < -0.4 is 5.32 Å². The summed E-state index contributed by atoms with van der Waals surface area (Å²) in [6, 6.07) is 8.89. The SMILES string of the molecule is CC(C)Cc1ccc(C(NC(=O)C2CC2)C(C)C)cc1. The monoisotopic (exact) mass is 273 g/mol. The number of carbonyl (C=O) groups excluding carboxylic acids is 1. The Morgan fingerprint density at radius 1 is 1.15 bits per heavy atom. The molecular formula is C18H27NO. The van der Waals surface area contributed by atoms with Crippen molar-refractivity contribution < 1.29 is 4.79 Å². The predicted octanol–water partition coefficient (Wildman–Crippen LogP) is 4.11. The van der Waals surface area contributed by atoms with Crippen molar-refractivity contribution in [3.05, 3.63) is 35.4 Å². The number of hydrogen-bond donors (Lipinski definition) is 1. The van der Waals surface area contributed by atoms with E-state index in [-0.39, 0.29) is 17.9 Å². The van der Waals surface area contributed by atoms with Gasteiger partial charge in [0.05, 0.1) is 6.04 Å². The number of benzene rings is 1. The van der Waals surface area contributed by atoms with Gasteiger partial charge in [-0.3, -0.25) is 4.79 Å². The highest BCUT2D eigenvalue weighted by Gasteiger charge is 2.31. The summed E-state index contributed by atoms with van der Waals surface area (Å²) in [5.74, 6) is 1.59. The van der Waals surface area contributed by atoms with E-state index in [0.29, 0.717) is 11.8 Å². The van der Waals surface area contributed by atoms with Crippen LogP contribution in [0.2, 0.25) is 0 Å². The molecule has 1 saturated carbocycles. The summed E-state index contributed by atoms with van der Waals surface area (Å²) in [7, 11) is 0. The third kappa shape index (κ3) is 4.09. The Kier molecular flexibility index (Phi) is 4.85. The largest absolute Gasteiger partial charge is 0.349 e. The summed E-state index contributed by atoms with van der Waals surface area (Å²) in [6.45, 7) is 8.81. The molecule has 20 heavy (non-hydrogen) atoms. The van der Waals surface area contributed by atoms with E-state index >= 15 is 0 Å². The highest BCUT2D eigenvalue weighted by atomic mass is 16.2. The van der Waals surface area contributed by atoms with Crippen LogP contribution in [0.5, 0.6) is 0 Å². The van der Waals surface area contributed by atoms with Gasteiger partial charge in [-0.05, 0) is 42.2 Å². The molecule has 1 amide bonds. The van der Waals surface area contributed by atoms with E-state index in [1.165, 1.54) is 11.1 Å². The summed E-state index contributed by atoms with van der Waals surface area (Å²) in [6.07, 6.45) is 3.23. The normalized spacial score (nSPS) is 16.5. The lowest BCUT2D eigenvalue weighted by Gasteiger charge is -2.23. The molecular weight excluding hydrogens is 246 g/mol. The molecule has 2 rings (SSSR count). The number of rotatable bonds is 6. The van der Waals surface area contributed by atoms with Gasteiger partial charge in [-0.1, -0.05) is 52.0 Å². The Hall–Kier alpha value is -1.31. The molecule has 1 fully saturated rings.